The highest BCUT2D eigenvalue weighted by atomic mass is 19.4. The van der Waals surface area contributed by atoms with Gasteiger partial charge < -0.3 is 0 Å². The third-order valence-corrected chi connectivity index (χ3v) is 5.93. The molecule has 0 aliphatic carbocycles. The van der Waals surface area contributed by atoms with Crippen molar-refractivity contribution in [3.63, 3.8) is 0 Å². The summed E-state index contributed by atoms with van der Waals surface area (Å²) >= 11 is 0. The van der Waals surface area contributed by atoms with Crippen LogP contribution in [0.4, 0.5) is 13.2 Å². The maximum atomic E-state index is 13.1. The van der Waals surface area contributed by atoms with Gasteiger partial charge in [0.2, 0.25) is 0 Å². The van der Waals surface area contributed by atoms with Crippen molar-refractivity contribution in [1.29, 1.82) is 0 Å². The molecule has 160 valence electrons. The van der Waals surface area contributed by atoms with E-state index in [1.165, 1.54) is 17.7 Å². The Morgan fingerprint density at radius 3 is 2.63 bits per heavy atom. The molecule has 2 aromatic heterocycles. The molecule has 0 atom stereocenters. The van der Waals surface area contributed by atoms with E-state index in [-0.39, 0.29) is 5.92 Å². The summed E-state index contributed by atoms with van der Waals surface area (Å²) in [5.74, 6) is 0.257. The third kappa shape index (κ3) is 4.28. The number of alkyl halides is 3. The van der Waals surface area contributed by atoms with Crippen molar-refractivity contribution in [3.8, 4) is 11.1 Å². The van der Waals surface area contributed by atoms with E-state index in [0.29, 0.717) is 5.56 Å². The van der Waals surface area contributed by atoms with E-state index >= 15 is 0 Å². The first-order valence-corrected chi connectivity index (χ1v) is 10.3. The number of likely N-dealkylation sites (tertiary alicyclic amines) is 1. The molecule has 30 heavy (non-hydrogen) atoms. The van der Waals surface area contributed by atoms with Crippen molar-refractivity contribution >= 4 is 0 Å². The van der Waals surface area contributed by atoms with Crippen molar-refractivity contribution in [2.75, 3.05) is 13.1 Å². The van der Waals surface area contributed by atoms with E-state index in [4.69, 9.17) is 0 Å². The number of aromatic nitrogens is 4. The number of piperidine rings is 1. The average Bonchev–Trinajstić information content (AvgIpc) is 3.35. The summed E-state index contributed by atoms with van der Waals surface area (Å²) in [5, 5.41) is 11.7. The molecule has 1 N–H and O–H groups in total. The largest absolute Gasteiger partial charge is 0.416 e. The molecule has 0 amide bonds. The number of nitrogens with zero attached hydrogens (tertiary/aromatic N) is 4. The molecule has 0 radical (unpaired) electrons. The number of aromatic amines is 1. The number of aryl methyl sites for hydroxylation is 2. The van der Waals surface area contributed by atoms with Crippen LogP contribution in [0.5, 0.6) is 0 Å². The quantitative estimate of drug-likeness (QED) is 0.636. The highest BCUT2D eigenvalue weighted by Gasteiger charge is 2.31. The Bertz CT molecular complexity index is 996. The average molecular weight is 417 g/mol. The summed E-state index contributed by atoms with van der Waals surface area (Å²) < 4.78 is 41.3. The van der Waals surface area contributed by atoms with E-state index < -0.39 is 11.7 Å². The van der Waals surface area contributed by atoms with Crippen LogP contribution in [0.1, 0.15) is 48.2 Å². The van der Waals surface area contributed by atoms with Crippen molar-refractivity contribution in [2.45, 2.75) is 51.9 Å². The number of halogens is 3. The van der Waals surface area contributed by atoms with Crippen molar-refractivity contribution in [1.82, 2.24) is 24.9 Å². The van der Waals surface area contributed by atoms with Gasteiger partial charge in [0.1, 0.15) is 0 Å². The Balaban J connectivity index is 1.45. The minimum Gasteiger partial charge on any atom is -0.299 e. The number of nitrogens with one attached hydrogen (secondary N) is 1. The second-order valence-corrected chi connectivity index (χ2v) is 7.92. The number of benzene rings is 1. The molecule has 1 saturated heterocycles. The molecule has 4 rings (SSSR count). The molecule has 3 heterocycles. The zero-order valence-electron chi connectivity index (χ0n) is 17.2. The zero-order chi connectivity index (χ0) is 21.3. The van der Waals surface area contributed by atoms with Crippen LogP contribution >= 0.6 is 0 Å². The molecular weight excluding hydrogens is 391 g/mol. The lowest BCUT2D eigenvalue weighted by atomic mass is 9.89. The predicted molar refractivity (Wildman–Crippen MR) is 109 cm³/mol. The van der Waals surface area contributed by atoms with E-state index in [1.54, 1.807) is 12.3 Å². The third-order valence-electron chi connectivity index (χ3n) is 5.93. The summed E-state index contributed by atoms with van der Waals surface area (Å²) in [6, 6.07) is 5.48. The maximum Gasteiger partial charge on any atom is 0.416 e. The minimum absolute atomic E-state index is 0.257. The molecule has 1 aromatic carbocycles. The van der Waals surface area contributed by atoms with Gasteiger partial charge in [0, 0.05) is 42.0 Å². The minimum atomic E-state index is -4.35. The summed E-state index contributed by atoms with van der Waals surface area (Å²) in [7, 11) is 0. The van der Waals surface area contributed by atoms with Crippen molar-refractivity contribution in [3.05, 3.63) is 59.2 Å². The van der Waals surface area contributed by atoms with Gasteiger partial charge in [0.25, 0.3) is 0 Å². The Kier molecular flexibility index (Phi) is 5.69. The van der Waals surface area contributed by atoms with Crippen LogP contribution in [0, 0.1) is 6.92 Å². The highest BCUT2D eigenvalue weighted by molar-refractivity contribution is 5.66. The van der Waals surface area contributed by atoms with Crippen LogP contribution in [0.15, 0.2) is 36.7 Å². The summed E-state index contributed by atoms with van der Waals surface area (Å²) in [6.45, 7) is 7.72. The molecule has 0 bridgehead atoms. The molecular formula is C22H26F3N5. The van der Waals surface area contributed by atoms with Gasteiger partial charge in [-0.2, -0.15) is 23.4 Å². The highest BCUT2D eigenvalue weighted by Crippen LogP contribution is 2.37. The first kappa shape index (κ1) is 20.7. The summed E-state index contributed by atoms with van der Waals surface area (Å²) in [5.41, 5.74) is 3.94. The summed E-state index contributed by atoms with van der Waals surface area (Å²) in [6.07, 6.45) is 1.28. The SMILES string of the molecule is CCn1cc(CN2CCC(c3[nH]ncc3-c3cccc(C(F)(F)F)c3)CC2)c(C)n1. The van der Waals surface area contributed by atoms with Crippen LogP contribution < -0.4 is 0 Å². The van der Waals surface area contributed by atoms with Gasteiger partial charge in [-0.1, -0.05) is 12.1 Å². The smallest absolute Gasteiger partial charge is 0.299 e. The van der Waals surface area contributed by atoms with E-state index in [2.05, 4.69) is 33.3 Å². The predicted octanol–water partition coefficient (Wildman–Crippen LogP) is 5.00. The first-order valence-electron chi connectivity index (χ1n) is 10.3. The standard InChI is InChI=1S/C22H26F3N5/c1-3-30-14-18(15(2)28-30)13-29-9-7-16(8-10-29)21-20(12-26-27-21)17-5-4-6-19(11-17)22(23,24)25/h4-6,11-12,14,16H,3,7-10,13H2,1-2H3,(H,26,27). The van der Waals surface area contributed by atoms with Crippen LogP contribution in [-0.4, -0.2) is 38.0 Å². The molecule has 0 unspecified atom stereocenters. The number of rotatable bonds is 5. The molecule has 5 nitrogen and oxygen atoms in total. The Hall–Kier alpha value is -2.61. The lowest BCUT2D eigenvalue weighted by molar-refractivity contribution is -0.137. The fourth-order valence-corrected chi connectivity index (χ4v) is 4.20. The molecule has 1 aliphatic rings. The van der Waals surface area contributed by atoms with Gasteiger partial charge in [-0.05, 0) is 57.5 Å². The maximum absolute atomic E-state index is 13.1. The summed E-state index contributed by atoms with van der Waals surface area (Å²) in [4.78, 5) is 2.42. The Morgan fingerprint density at radius 1 is 1.20 bits per heavy atom. The molecule has 0 saturated carbocycles. The van der Waals surface area contributed by atoms with E-state index in [0.717, 1.165) is 62.0 Å². The zero-order valence-corrected chi connectivity index (χ0v) is 17.2. The fourth-order valence-electron chi connectivity index (χ4n) is 4.20. The van der Waals surface area contributed by atoms with Crippen LogP contribution in [0.25, 0.3) is 11.1 Å². The van der Waals surface area contributed by atoms with Gasteiger partial charge in [-0.25, -0.2) is 0 Å². The van der Waals surface area contributed by atoms with Crippen LogP contribution in [-0.2, 0) is 19.3 Å². The lowest BCUT2D eigenvalue weighted by Gasteiger charge is -2.31. The van der Waals surface area contributed by atoms with Gasteiger partial charge in [0.15, 0.2) is 0 Å². The van der Waals surface area contributed by atoms with Gasteiger partial charge in [0.05, 0.1) is 17.5 Å². The van der Waals surface area contributed by atoms with Crippen molar-refractivity contribution < 1.29 is 13.2 Å². The Labute approximate surface area is 173 Å². The Morgan fingerprint density at radius 2 is 1.97 bits per heavy atom. The number of H-pyrrole nitrogens is 1. The number of hydrogen-bond donors (Lipinski definition) is 1. The lowest BCUT2D eigenvalue weighted by Crippen LogP contribution is -2.32. The van der Waals surface area contributed by atoms with Crippen LogP contribution in [0.3, 0.4) is 0 Å². The monoisotopic (exact) mass is 417 g/mol. The normalized spacial score (nSPS) is 16.3. The van der Waals surface area contributed by atoms with Crippen LogP contribution in [0.2, 0.25) is 0 Å². The molecule has 1 aliphatic heterocycles. The van der Waals surface area contributed by atoms with Crippen molar-refractivity contribution in [2.24, 2.45) is 0 Å². The number of hydrogen-bond acceptors (Lipinski definition) is 3. The fraction of sp³-hybridized carbons (Fsp3) is 0.455. The molecule has 3 aromatic rings. The first-order chi connectivity index (χ1) is 14.3. The molecule has 1 fully saturated rings. The topological polar surface area (TPSA) is 49.7 Å². The van der Waals surface area contributed by atoms with E-state index in [9.17, 15) is 13.2 Å². The van der Waals surface area contributed by atoms with E-state index in [1.807, 2.05) is 11.6 Å². The molecule has 8 heteroatoms. The molecule has 0 spiro atoms. The second-order valence-electron chi connectivity index (χ2n) is 7.92. The van der Waals surface area contributed by atoms with Gasteiger partial charge >= 0.3 is 6.18 Å². The van der Waals surface area contributed by atoms with Gasteiger partial charge in [-0.15, -0.1) is 0 Å². The second kappa shape index (κ2) is 8.26. The van der Waals surface area contributed by atoms with Gasteiger partial charge in [-0.3, -0.25) is 14.7 Å².